The molecule has 1 aromatic heterocycles. The molecule has 0 radical (unpaired) electrons. The third-order valence-electron chi connectivity index (χ3n) is 7.68. The Kier molecular flexibility index (Phi) is 10.6. The van der Waals surface area contributed by atoms with Crippen molar-refractivity contribution in [1.29, 1.82) is 0 Å². The van der Waals surface area contributed by atoms with Crippen LogP contribution in [0.4, 0.5) is 0 Å². The Hall–Kier alpha value is -4.10. The van der Waals surface area contributed by atoms with Crippen molar-refractivity contribution in [2.45, 2.75) is 63.7 Å². The highest BCUT2D eigenvalue weighted by atomic mass is 32.2. The topological polar surface area (TPSA) is 138 Å². The van der Waals surface area contributed by atoms with Gasteiger partial charge in [0, 0.05) is 37.8 Å². The number of benzene rings is 3. The Bertz CT molecular complexity index is 1610. The molecule has 1 aliphatic rings. The van der Waals surface area contributed by atoms with Crippen LogP contribution < -0.4 is 5.32 Å². The predicted octanol–water partition coefficient (Wildman–Crippen LogP) is 4.52. The molecule has 0 spiro atoms. The van der Waals surface area contributed by atoms with E-state index in [2.05, 4.69) is 33.8 Å². The maximum atomic E-state index is 12.3. The summed E-state index contributed by atoms with van der Waals surface area (Å²) in [7, 11) is 1.81. The van der Waals surface area contributed by atoms with E-state index in [0.29, 0.717) is 17.5 Å². The number of amides is 1. The second kappa shape index (κ2) is 14.8. The first-order valence-electron chi connectivity index (χ1n) is 14.7. The second-order valence-electron chi connectivity index (χ2n) is 11.0. The van der Waals surface area contributed by atoms with Crippen LogP contribution in [-0.4, -0.2) is 55.2 Å². The number of tetrazole rings is 1. The molecular weight excluding hydrogens is 594 g/mol. The molecule has 1 saturated heterocycles. The van der Waals surface area contributed by atoms with Gasteiger partial charge in [-0.15, -0.1) is 5.10 Å². The van der Waals surface area contributed by atoms with Crippen molar-refractivity contribution in [1.82, 2.24) is 25.5 Å². The van der Waals surface area contributed by atoms with Gasteiger partial charge < -0.3 is 24.6 Å². The molecule has 1 fully saturated rings. The quantitative estimate of drug-likeness (QED) is 0.180. The van der Waals surface area contributed by atoms with Gasteiger partial charge in [0.2, 0.25) is 5.16 Å². The summed E-state index contributed by atoms with van der Waals surface area (Å²) >= 11 is 1.54. The first-order chi connectivity index (χ1) is 21.7. The van der Waals surface area contributed by atoms with E-state index in [0.717, 1.165) is 33.4 Å². The standard InChI is InChI=1S/C33H37N5O6S/c1-20-29(19-45-33-35-36-37-38(33)4)43-32(44-30(20)25-13-11-23(18-39)12-14-25)28-10-6-9-27(16-28)26-8-5-7-24(15-26)17-34-31(41)21(2)42-22(3)40/h5-16,20-21,29-30,32,39H,17-19H2,1-4H3,(H,34,41)/t20-,21-,29+,30+,32+/m0/s1. The molecule has 0 saturated carbocycles. The van der Waals surface area contributed by atoms with Crippen molar-refractivity contribution in [2.75, 3.05) is 5.75 Å². The third-order valence-corrected chi connectivity index (χ3v) is 8.78. The molecule has 3 aromatic carbocycles. The van der Waals surface area contributed by atoms with E-state index in [4.69, 9.17) is 14.2 Å². The lowest BCUT2D eigenvalue weighted by molar-refractivity contribution is -0.268. The number of aliphatic hydroxyl groups excluding tert-OH is 1. The molecule has 12 heteroatoms. The Labute approximate surface area is 266 Å². The highest BCUT2D eigenvalue weighted by Crippen LogP contribution is 2.43. The van der Waals surface area contributed by atoms with E-state index < -0.39 is 18.4 Å². The van der Waals surface area contributed by atoms with Gasteiger partial charge in [0.05, 0.1) is 18.8 Å². The number of ether oxygens (including phenoxy) is 3. The van der Waals surface area contributed by atoms with E-state index in [9.17, 15) is 14.7 Å². The molecule has 2 N–H and O–H groups in total. The van der Waals surface area contributed by atoms with Crippen LogP contribution in [0.3, 0.4) is 0 Å². The zero-order chi connectivity index (χ0) is 31.9. The van der Waals surface area contributed by atoms with Gasteiger partial charge >= 0.3 is 5.97 Å². The summed E-state index contributed by atoms with van der Waals surface area (Å²) in [6.07, 6.45) is -1.91. The van der Waals surface area contributed by atoms with Crippen molar-refractivity contribution < 1.29 is 28.9 Å². The molecule has 5 rings (SSSR count). The summed E-state index contributed by atoms with van der Waals surface area (Å²) in [6, 6.07) is 23.8. The smallest absolute Gasteiger partial charge is 0.303 e. The molecular formula is C33H37N5O6S. The summed E-state index contributed by atoms with van der Waals surface area (Å²) < 4.78 is 19.9. The number of carbonyl (C=O) groups is 2. The highest BCUT2D eigenvalue weighted by molar-refractivity contribution is 7.99. The van der Waals surface area contributed by atoms with Crippen molar-refractivity contribution in [3.05, 3.63) is 95.1 Å². The van der Waals surface area contributed by atoms with E-state index in [1.165, 1.54) is 18.7 Å². The summed E-state index contributed by atoms with van der Waals surface area (Å²) in [6.45, 7) is 5.21. The van der Waals surface area contributed by atoms with Gasteiger partial charge in [0.25, 0.3) is 5.91 Å². The number of nitrogens with one attached hydrogen (secondary N) is 1. The fourth-order valence-corrected chi connectivity index (χ4v) is 6.18. The van der Waals surface area contributed by atoms with Gasteiger partial charge in [-0.2, -0.15) is 0 Å². The molecule has 45 heavy (non-hydrogen) atoms. The number of aliphatic hydroxyl groups is 1. The van der Waals surface area contributed by atoms with Crippen LogP contribution in [-0.2, 0) is 44.0 Å². The van der Waals surface area contributed by atoms with Gasteiger partial charge in [-0.25, -0.2) is 4.68 Å². The Balaban J connectivity index is 1.36. The number of aryl methyl sites for hydroxylation is 1. The Morgan fingerprint density at radius 2 is 1.76 bits per heavy atom. The number of hydrogen-bond acceptors (Lipinski definition) is 10. The van der Waals surface area contributed by atoms with E-state index in [1.807, 2.05) is 73.8 Å². The minimum Gasteiger partial charge on any atom is -0.453 e. The second-order valence-corrected chi connectivity index (χ2v) is 12.0. The number of hydrogen-bond donors (Lipinski definition) is 2. The van der Waals surface area contributed by atoms with Crippen molar-refractivity contribution in [3.63, 3.8) is 0 Å². The van der Waals surface area contributed by atoms with Gasteiger partial charge in [0.1, 0.15) is 0 Å². The maximum absolute atomic E-state index is 12.3. The lowest BCUT2D eigenvalue weighted by atomic mass is 9.91. The van der Waals surface area contributed by atoms with Crippen molar-refractivity contribution in [3.8, 4) is 11.1 Å². The first kappa shape index (κ1) is 32.3. The Morgan fingerprint density at radius 1 is 1.02 bits per heavy atom. The minimum atomic E-state index is -0.865. The number of esters is 1. The minimum absolute atomic E-state index is 0.0218. The average Bonchev–Trinajstić information content (AvgIpc) is 3.47. The van der Waals surface area contributed by atoms with Crippen LogP contribution in [0.25, 0.3) is 11.1 Å². The summed E-state index contributed by atoms with van der Waals surface area (Å²) in [5, 5.41) is 24.9. The molecule has 0 bridgehead atoms. The predicted molar refractivity (Wildman–Crippen MR) is 167 cm³/mol. The van der Waals surface area contributed by atoms with Crippen LogP contribution >= 0.6 is 11.8 Å². The monoisotopic (exact) mass is 631 g/mol. The van der Waals surface area contributed by atoms with E-state index >= 15 is 0 Å². The van der Waals surface area contributed by atoms with Crippen LogP contribution in [0.5, 0.6) is 0 Å². The number of thioether (sulfide) groups is 1. The lowest BCUT2D eigenvalue weighted by Gasteiger charge is -2.41. The van der Waals surface area contributed by atoms with Gasteiger partial charge in [-0.05, 0) is 57.3 Å². The average molecular weight is 632 g/mol. The number of carbonyl (C=O) groups excluding carboxylic acids is 2. The number of aromatic nitrogens is 4. The molecule has 236 valence electrons. The fourth-order valence-electron chi connectivity index (χ4n) is 5.17. The molecule has 2 heterocycles. The van der Waals surface area contributed by atoms with Crippen molar-refractivity contribution in [2.24, 2.45) is 13.0 Å². The largest absolute Gasteiger partial charge is 0.453 e. The van der Waals surface area contributed by atoms with Crippen LogP contribution in [0.15, 0.2) is 78.0 Å². The third kappa shape index (κ3) is 8.14. The number of nitrogens with zero attached hydrogens (tertiary/aromatic N) is 4. The van der Waals surface area contributed by atoms with Crippen LogP contribution in [0.2, 0.25) is 0 Å². The normalized spacial score (nSPS) is 20.4. The SMILES string of the molecule is CC(=O)O[C@@H](C)C(=O)NCc1cccc(-c2cccc([C@@H]3O[C@H](CSc4nnnn4C)[C@H](C)[C@H](c4ccc(CO)cc4)O3)c2)c1. The van der Waals surface area contributed by atoms with Gasteiger partial charge in [-0.1, -0.05) is 79.3 Å². The highest BCUT2D eigenvalue weighted by Gasteiger charge is 2.38. The zero-order valence-corrected chi connectivity index (χ0v) is 26.4. The van der Waals surface area contributed by atoms with E-state index in [1.54, 1.807) is 11.6 Å². The van der Waals surface area contributed by atoms with Crippen LogP contribution in [0.1, 0.15) is 55.4 Å². The van der Waals surface area contributed by atoms with Crippen molar-refractivity contribution >= 4 is 23.6 Å². The van der Waals surface area contributed by atoms with Crippen LogP contribution in [0, 0.1) is 5.92 Å². The first-order valence-corrected chi connectivity index (χ1v) is 15.7. The summed E-state index contributed by atoms with van der Waals surface area (Å²) in [5.41, 5.74) is 5.57. The number of rotatable bonds is 11. The maximum Gasteiger partial charge on any atom is 0.303 e. The Morgan fingerprint density at radius 3 is 2.44 bits per heavy atom. The molecule has 4 aromatic rings. The zero-order valence-electron chi connectivity index (χ0n) is 25.6. The molecule has 0 aliphatic carbocycles. The van der Waals surface area contributed by atoms with Gasteiger partial charge in [0.15, 0.2) is 12.4 Å². The molecule has 11 nitrogen and oxygen atoms in total. The summed E-state index contributed by atoms with van der Waals surface area (Å²) in [5.74, 6) is -0.210. The van der Waals surface area contributed by atoms with E-state index in [-0.39, 0.29) is 30.6 Å². The fraction of sp³-hybridized carbons (Fsp3) is 0.364. The molecule has 5 atom stereocenters. The summed E-state index contributed by atoms with van der Waals surface area (Å²) in [4.78, 5) is 23.5. The molecule has 0 unspecified atom stereocenters. The van der Waals surface area contributed by atoms with Gasteiger partial charge in [-0.3, -0.25) is 9.59 Å². The lowest BCUT2D eigenvalue weighted by Crippen LogP contribution is -2.38. The molecule has 1 amide bonds. The molecule has 1 aliphatic heterocycles.